The molecule has 0 saturated heterocycles. The van der Waals surface area contributed by atoms with E-state index in [0.29, 0.717) is 70.4 Å². The molecule has 16 aromatic carbocycles. The molecule has 0 N–H and O–H groups in total. The van der Waals surface area contributed by atoms with Gasteiger partial charge in [-0.25, -0.2) is 38.4 Å². The number of allylic oxidation sites excluding steroid dienone is 1. The number of carbonyl (C=O) groups excluding carboxylic acids is 8. The maximum absolute atomic E-state index is 11.3. The lowest BCUT2D eigenvalue weighted by atomic mass is 9.90. The van der Waals surface area contributed by atoms with Gasteiger partial charge in [0.15, 0.2) is 5.75 Å². The van der Waals surface area contributed by atoms with Gasteiger partial charge < -0.3 is 42.6 Å². The van der Waals surface area contributed by atoms with E-state index < -0.39 is 23.9 Å². The van der Waals surface area contributed by atoms with Crippen molar-refractivity contribution in [2.75, 3.05) is 33.5 Å². The summed E-state index contributed by atoms with van der Waals surface area (Å²) < 4.78 is 47.0. The zero-order valence-electron chi connectivity index (χ0n) is 78.0. The van der Waals surface area contributed by atoms with Gasteiger partial charge in [-0.3, -0.25) is 0 Å². The highest BCUT2D eigenvalue weighted by molar-refractivity contribution is 7.17. The molecule has 19 rings (SSSR count). The van der Waals surface area contributed by atoms with Crippen LogP contribution in [0.15, 0.2) is 409 Å². The molecule has 2 aliphatic rings. The summed E-state index contributed by atoms with van der Waals surface area (Å²) in [5, 5.41) is 20.0. The molecule has 17 aromatic rings. The van der Waals surface area contributed by atoms with Crippen molar-refractivity contribution in [3.8, 4) is 39.9 Å². The van der Waals surface area contributed by atoms with Crippen LogP contribution >= 0.6 is 34.5 Å². The number of unbranched alkanes of at least 4 members (excludes halogenated alkanes) is 1. The lowest BCUT2D eigenvalue weighted by Crippen LogP contribution is -2.10. The predicted molar refractivity (Wildman–Crippen MR) is 570 cm³/mol. The van der Waals surface area contributed by atoms with Crippen LogP contribution in [0, 0.1) is 0 Å². The van der Waals surface area contributed by atoms with Crippen LogP contribution in [0.3, 0.4) is 0 Å². The summed E-state index contributed by atoms with van der Waals surface area (Å²) in [7, 11) is 1.61. The first-order valence-corrected chi connectivity index (χ1v) is 46.7. The smallest absolute Gasteiger partial charge is 0.335 e. The van der Waals surface area contributed by atoms with Crippen LogP contribution in [0.4, 0.5) is 0 Å². The summed E-state index contributed by atoms with van der Waals surface area (Å²) >= 11 is 13.7. The predicted octanol–water partition coefficient (Wildman–Crippen LogP) is 28.3. The van der Waals surface area contributed by atoms with Crippen LogP contribution in [0.1, 0.15) is 64.6 Å². The Labute approximate surface area is 832 Å². The Morgan fingerprint density at radius 3 is 1.43 bits per heavy atom. The number of rotatable bonds is 26. The summed E-state index contributed by atoms with van der Waals surface area (Å²) in [6.45, 7) is 30.4. The minimum Gasteiger partial charge on any atom is -0.496 e. The molecule has 0 unspecified atom stereocenters. The van der Waals surface area contributed by atoms with Gasteiger partial charge in [-0.1, -0.05) is 331 Å². The van der Waals surface area contributed by atoms with Crippen LogP contribution in [-0.2, 0) is 83.0 Å². The van der Waals surface area contributed by atoms with Crippen molar-refractivity contribution >= 4 is 174 Å². The Bertz CT molecular complexity index is 7490. The number of esters is 8. The molecular weight excluding hydrogens is 1830 g/mol. The number of benzene rings is 16. The summed E-state index contributed by atoms with van der Waals surface area (Å²) in [6.07, 6.45) is 17.5. The molecule has 17 nitrogen and oxygen atoms in total. The summed E-state index contributed by atoms with van der Waals surface area (Å²) in [5.74, 6) is -0.471. The molecule has 2 aliphatic carbocycles. The largest absolute Gasteiger partial charge is 0.496 e. The second-order valence-corrected chi connectivity index (χ2v) is 33.4. The lowest BCUT2D eigenvalue weighted by Gasteiger charge is -2.14. The molecule has 0 atom stereocenters. The van der Waals surface area contributed by atoms with Gasteiger partial charge in [-0.2, -0.15) is 0 Å². The molecule has 0 fully saturated rings. The number of hydrogen-bond acceptors (Lipinski definition) is 18. The van der Waals surface area contributed by atoms with Crippen molar-refractivity contribution in [2.45, 2.75) is 51.4 Å². The van der Waals surface area contributed by atoms with E-state index in [9.17, 15) is 38.4 Å². The Hall–Kier alpha value is -16.6. The Morgan fingerprint density at radius 2 is 0.830 bits per heavy atom. The molecule has 0 aliphatic heterocycles. The molecular formula is C121H102Cl2O17S. The van der Waals surface area contributed by atoms with Gasteiger partial charge in [0.05, 0.1) is 37.0 Å². The van der Waals surface area contributed by atoms with Gasteiger partial charge in [-0.05, 0) is 202 Å². The monoisotopic (exact) mass is 1930 g/mol. The van der Waals surface area contributed by atoms with Crippen molar-refractivity contribution in [3.05, 3.63) is 458 Å². The number of thiophene rings is 1. The van der Waals surface area contributed by atoms with Gasteiger partial charge in [0.25, 0.3) is 0 Å². The van der Waals surface area contributed by atoms with Crippen molar-refractivity contribution < 1.29 is 81.0 Å². The first kappa shape index (κ1) is 103. The molecule has 0 bridgehead atoms. The number of carbonyl (C=O) groups is 8. The van der Waals surface area contributed by atoms with E-state index in [1.807, 2.05) is 139 Å². The Balaban J connectivity index is 0.000000145. The van der Waals surface area contributed by atoms with Crippen LogP contribution in [0.2, 0.25) is 10.0 Å². The third-order valence-electron chi connectivity index (χ3n) is 22.5. The fraction of sp³-hybridized carbons (Fsp3) is 0.107. The number of ether oxygens (including phenoxy) is 9. The molecule has 1 aromatic heterocycles. The van der Waals surface area contributed by atoms with Gasteiger partial charge in [-0.15, -0.1) is 11.3 Å². The fourth-order valence-corrected chi connectivity index (χ4v) is 17.3. The zero-order chi connectivity index (χ0) is 100. The second-order valence-electron chi connectivity index (χ2n) is 31.7. The number of methoxy groups -OCH3 is 1. The third kappa shape index (κ3) is 28.1. The van der Waals surface area contributed by atoms with E-state index in [1.165, 1.54) is 122 Å². The van der Waals surface area contributed by atoms with Crippen LogP contribution < -0.4 is 23.7 Å². The topological polar surface area (TPSA) is 220 Å². The molecule has 1 heterocycles. The molecule has 20 heteroatoms. The quantitative estimate of drug-likeness (QED) is 0.0123. The summed E-state index contributed by atoms with van der Waals surface area (Å²) in [4.78, 5) is 88.8. The number of hydrogen-bond donors (Lipinski definition) is 0. The molecule has 0 spiro atoms. The molecule has 708 valence electrons. The van der Waals surface area contributed by atoms with E-state index >= 15 is 0 Å². The average Bonchev–Trinajstić information content (AvgIpc) is 1.70. The van der Waals surface area contributed by atoms with E-state index in [2.05, 4.69) is 192 Å². The normalized spacial score (nSPS) is 10.9. The minimum absolute atomic E-state index is 0.122. The number of fused-ring (bicyclic) bond motifs is 9. The Morgan fingerprint density at radius 1 is 0.369 bits per heavy atom. The van der Waals surface area contributed by atoms with Crippen LogP contribution in [0.25, 0.3) is 103 Å². The lowest BCUT2D eigenvalue weighted by molar-refractivity contribution is -0.139. The number of aryl methyl sites for hydroxylation is 1. The van der Waals surface area contributed by atoms with Gasteiger partial charge in [0, 0.05) is 93.1 Å². The standard InChI is InChI=1S/C23H20O2.C17H14O2.C16H16O2.C15H14O2.C14H12O3.C13H8Cl2O2.C12H10O2.C11H8O2S/c1-2-21(24)25-14-4-3-7-18-15-19-10-5-8-16-12-13-17-9-6-11-20(18)23(17)22(16)19;1-2-17(18)19-11-16-14-9-5-3-7-12(14)13-8-4-6-10-15(13)16;1-12(2)16(17)18-11-10-14-8-5-7-13-6-3-4-9-15(13)14;1-2-15(16)17-11-10-13-8-5-7-12-6-3-4-9-14(12)13;1-3-14(15)17-13-9-8-12(16-2)10-6-4-5-7-11(10)13;1-2-12(16)17-13-9-6-4-3-5-8(9)10(14)7-11(13)15;1-2-12(13)14-11-7-6-9-4-3-5-10(9)8-11;1-2-11(12)13-9-4-3-8-5-6-14-10(8)7-9/h2,5-6,8-13,15H,1,3-4,7,14H2;2-10,16H,1,11H2;3-9H,1,10-11H2,2H3;2-9H,1,10-11H2;3-9H,1H2,2H3;2-7H,1H2;2-4,6-8H,1,5H2;2-7H,1H2. The van der Waals surface area contributed by atoms with Crippen molar-refractivity contribution in [3.63, 3.8) is 0 Å². The highest BCUT2D eigenvalue weighted by atomic mass is 35.5. The third-order valence-corrected chi connectivity index (χ3v) is 24.0. The zero-order valence-corrected chi connectivity index (χ0v) is 80.3. The van der Waals surface area contributed by atoms with Gasteiger partial charge in [0.1, 0.15) is 29.6 Å². The first-order chi connectivity index (χ1) is 68.5. The summed E-state index contributed by atoms with van der Waals surface area (Å²) in [5.41, 5.74) is 11.5. The SMILES string of the molecule is C=C(C)C(=O)OCCc1cccc2ccccc12.C=CC(=O)OCC1c2ccccc2-c2ccccc21.C=CC(=O)OCCCCc1cc2cccc3ccc4cccc1c4c32.C=CC(=O)OCCc1cccc2ccccc12.C=CC(=O)Oc1c(Cl)cc(Cl)c2ccccc12.C=CC(=O)Oc1ccc(OC)c2ccccc12.C=CC(=O)Oc1ccc2c(c1)CC=C2.C=CC(=O)Oc1ccc2ccsc2c1. The molecule has 0 amide bonds. The maximum Gasteiger partial charge on any atom is 0.335 e. The van der Waals surface area contributed by atoms with Crippen LogP contribution in [-0.4, -0.2) is 81.3 Å². The molecule has 141 heavy (non-hydrogen) atoms. The van der Waals surface area contributed by atoms with E-state index in [4.69, 9.17) is 65.8 Å². The molecule has 0 saturated carbocycles. The van der Waals surface area contributed by atoms with E-state index in [0.717, 1.165) is 94.8 Å². The highest BCUT2D eigenvalue weighted by Crippen LogP contribution is 2.46. The maximum atomic E-state index is 11.3. The van der Waals surface area contributed by atoms with E-state index in [-0.39, 0.29) is 29.8 Å². The minimum atomic E-state index is -0.556. The van der Waals surface area contributed by atoms with Gasteiger partial charge >= 0.3 is 47.8 Å². The van der Waals surface area contributed by atoms with Gasteiger partial charge in [0.2, 0.25) is 0 Å². The molecule has 0 radical (unpaired) electrons. The van der Waals surface area contributed by atoms with Crippen molar-refractivity contribution in [1.29, 1.82) is 0 Å². The first-order valence-electron chi connectivity index (χ1n) is 45.1. The highest BCUT2D eigenvalue weighted by Gasteiger charge is 2.29. The van der Waals surface area contributed by atoms with Crippen molar-refractivity contribution in [2.24, 2.45) is 0 Å². The van der Waals surface area contributed by atoms with Crippen molar-refractivity contribution in [1.82, 2.24) is 0 Å². The second kappa shape index (κ2) is 52.1. The average molecular weight is 1930 g/mol. The van der Waals surface area contributed by atoms with E-state index in [1.54, 1.807) is 61.8 Å². The summed E-state index contributed by atoms with van der Waals surface area (Å²) in [6, 6.07) is 98.2. The fourth-order valence-electron chi connectivity index (χ4n) is 15.9. The van der Waals surface area contributed by atoms with Crippen LogP contribution in [0.5, 0.6) is 28.7 Å². The Kier molecular flexibility index (Phi) is 38.1. The number of halogens is 2.